The highest BCUT2D eigenvalue weighted by Gasteiger charge is 2.17. The summed E-state index contributed by atoms with van der Waals surface area (Å²) < 4.78 is 1.51. The van der Waals surface area contributed by atoms with Crippen LogP contribution in [-0.2, 0) is 7.05 Å². The minimum atomic E-state index is -1.13. The lowest BCUT2D eigenvalue weighted by molar-refractivity contribution is 0.0692. The van der Waals surface area contributed by atoms with Gasteiger partial charge in [-0.2, -0.15) is 0 Å². The summed E-state index contributed by atoms with van der Waals surface area (Å²) in [5, 5.41) is 11.8. The van der Waals surface area contributed by atoms with E-state index in [1.807, 2.05) is 0 Å². The van der Waals surface area contributed by atoms with E-state index in [1.165, 1.54) is 16.3 Å². The highest BCUT2D eigenvalue weighted by molar-refractivity contribution is 8.00. The zero-order valence-corrected chi connectivity index (χ0v) is 8.98. The van der Waals surface area contributed by atoms with E-state index in [-0.39, 0.29) is 11.5 Å². The van der Waals surface area contributed by atoms with E-state index in [2.05, 4.69) is 22.6 Å². The number of thiocarbonyl (C=S) groups is 1. The first-order valence-electron chi connectivity index (χ1n) is 3.61. The molecule has 0 amide bonds. The van der Waals surface area contributed by atoms with Crippen LogP contribution in [0.1, 0.15) is 10.5 Å². The number of nitrogens with zero attached hydrogens (tertiary/aromatic N) is 2. The van der Waals surface area contributed by atoms with Gasteiger partial charge in [-0.05, 0) is 0 Å². The highest BCUT2D eigenvalue weighted by Crippen LogP contribution is 2.21. The normalized spacial score (nSPS) is 10.1. The Morgan fingerprint density at radius 1 is 1.86 bits per heavy atom. The third kappa shape index (κ3) is 2.05. The first-order chi connectivity index (χ1) is 6.57. The summed E-state index contributed by atoms with van der Waals surface area (Å²) in [4.78, 5) is 14.5. The van der Waals surface area contributed by atoms with E-state index < -0.39 is 5.97 Å². The highest BCUT2D eigenvalue weighted by atomic mass is 32.2. The van der Waals surface area contributed by atoms with Crippen LogP contribution in [0, 0.1) is 0 Å². The standard InChI is InChI=1S/C7H8N3O2S2/c1-10-5(8)4(6(11)12)9-7(10)14-3-2-13/h3,8H2,1H3,(H,11,12). The molecule has 0 aliphatic heterocycles. The molecule has 0 unspecified atom stereocenters. The van der Waals surface area contributed by atoms with Gasteiger partial charge < -0.3 is 15.4 Å². The molecule has 0 aliphatic carbocycles. The van der Waals surface area contributed by atoms with E-state index in [9.17, 15) is 4.79 Å². The lowest BCUT2D eigenvalue weighted by atomic mass is 10.4. The van der Waals surface area contributed by atoms with Crippen LogP contribution < -0.4 is 5.73 Å². The molecule has 1 rings (SSSR count). The lowest BCUT2D eigenvalue weighted by Crippen LogP contribution is -2.03. The van der Waals surface area contributed by atoms with Gasteiger partial charge >= 0.3 is 5.97 Å². The topological polar surface area (TPSA) is 81.1 Å². The monoisotopic (exact) mass is 230 g/mol. The van der Waals surface area contributed by atoms with Crippen molar-refractivity contribution < 1.29 is 9.90 Å². The van der Waals surface area contributed by atoms with Crippen molar-refractivity contribution in [1.82, 2.24) is 9.55 Å². The number of carboxylic acids is 1. The van der Waals surface area contributed by atoms with Crippen LogP contribution in [0.2, 0.25) is 0 Å². The predicted octanol–water partition coefficient (Wildman–Crippen LogP) is 0.669. The van der Waals surface area contributed by atoms with Crippen LogP contribution in [0.15, 0.2) is 5.16 Å². The van der Waals surface area contributed by atoms with Crippen molar-refractivity contribution in [2.24, 2.45) is 7.05 Å². The molecule has 0 fully saturated rings. The molecule has 0 saturated carbocycles. The molecule has 0 saturated heterocycles. The maximum atomic E-state index is 10.7. The number of nitrogens with two attached hydrogens (primary N) is 1. The number of rotatable bonds is 4. The van der Waals surface area contributed by atoms with Gasteiger partial charge in [-0.3, -0.25) is 0 Å². The van der Waals surface area contributed by atoms with Crippen LogP contribution in [-0.4, -0.2) is 31.7 Å². The smallest absolute Gasteiger partial charge is 0.358 e. The van der Waals surface area contributed by atoms with Gasteiger partial charge in [0.15, 0.2) is 10.9 Å². The Morgan fingerprint density at radius 3 is 2.93 bits per heavy atom. The third-order valence-electron chi connectivity index (χ3n) is 1.56. The quantitative estimate of drug-likeness (QED) is 0.584. The van der Waals surface area contributed by atoms with Gasteiger partial charge in [0.05, 0.1) is 0 Å². The van der Waals surface area contributed by atoms with Gasteiger partial charge in [-0.25, -0.2) is 9.78 Å². The molecule has 1 aromatic heterocycles. The fraction of sp³-hybridized carbons (Fsp3) is 0.286. The van der Waals surface area contributed by atoms with E-state index in [4.69, 9.17) is 10.8 Å². The van der Waals surface area contributed by atoms with Gasteiger partial charge in [-0.1, -0.05) is 24.0 Å². The summed E-state index contributed by atoms with van der Waals surface area (Å²) >= 11 is 5.82. The predicted molar refractivity (Wildman–Crippen MR) is 57.9 cm³/mol. The summed E-state index contributed by atoms with van der Waals surface area (Å²) in [6.45, 7) is 0. The maximum absolute atomic E-state index is 10.7. The molecule has 0 spiro atoms. The van der Waals surface area contributed by atoms with Crippen molar-refractivity contribution >= 4 is 41.1 Å². The Kier molecular flexibility index (Phi) is 3.48. The molecule has 0 atom stereocenters. The average molecular weight is 230 g/mol. The van der Waals surface area contributed by atoms with Crippen molar-refractivity contribution in [3.8, 4) is 0 Å². The average Bonchev–Trinajstić information content (AvgIpc) is 2.42. The van der Waals surface area contributed by atoms with Crippen molar-refractivity contribution in [1.29, 1.82) is 0 Å². The molecular formula is C7H8N3O2S2. The molecule has 7 heteroatoms. The van der Waals surface area contributed by atoms with Gasteiger partial charge in [0.2, 0.25) is 0 Å². The van der Waals surface area contributed by atoms with Gasteiger partial charge in [0.25, 0.3) is 0 Å². The number of anilines is 1. The molecule has 1 heterocycles. The van der Waals surface area contributed by atoms with Crippen molar-refractivity contribution in [3.05, 3.63) is 5.69 Å². The second kappa shape index (κ2) is 4.43. The number of carbonyl (C=O) groups is 1. The van der Waals surface area contributed by atoms with E-state index >= 15 is 0 Å². The van der Waals surface area contributed by atoms with Crippen LogP contribution in [0.3, 0.4) is 0 Å². The van der Waals surface area contributed by atoms with Crippen molar-refractivity contribution in [2.45, 2.75) is 5.16 Å². The number of nitrogen functional groups attached to an aromatic ring is 1. The number of aromatic nitrogens is 2. The number of hydrogen-bond donors (Lipinski definition) is 2. The Labute approximate surface area is 90.3 Å². The number of thioether (sulfide) groups is 1. The second-order valence-corrected chi connectivity index (χ2v) is 3.66. The molecule has 1 aromatic rings. The van der Waals surface area contributed by atoms with Gasteiger partial charge in [0.1, 0.15) is 5.82 Å². The third-order valence-corrected chi connectivity index (χ3v) is 2.80. The first-order valence-corrected chi connectivity index (χ1v) is 5.00. The lowest BCUT2D eigenvalue weighted by Gasteiger charge is -1.98. The minimum Gasteiger partial charge on any atom is -0.476 e. The van der Waals surface area contributed by atoms with E-state index in [1.54, 1.807) is 7.05 Å². The Morgan fingerprint density at radius 2 is 2.50 bits per heavy atom. The van der Waals surface area contributed by atoms with Crippen LogP contribution in [0.5, 0.6) is 0 Å². The Bertz CT molecular complexity index is 375. The van der Waals surface area contributed by atoms with Crippen LogP contribution >= 0.6 is 24.0 Å². The molecule has 0 bridgehead atoms. The Hall–Kier alpha value is -1.08. The summed E-state index contributed by atoms with van der Waals surface area (Å²) in [6, 6.07) is 0. The molecule has 1 radical (unpaired) electrons. The largest absolute Gasteiger partial charge is 0.476 e. The molecular weight excluding hydrogens is 222 g/mol. The minimum absolute atomic E-state index is 0.126. The molecule has 0 aliphatic rings. The molecule has 14 heavy (non-hydrogen) atoms. The maximum Gasteiger partial charge on any atom is 0.358 e. The fourth-order valence-electron chi connectivity index (χ4n) is 0.870. The summed E-state index contributed by atoms with van der Waals surface area (Å²) in [5.74, 6) is -0.515. The zero-order valence-electron chi connectivity index (χ0n) is 7.35. The summed E-state index contributed by atoms with van der Waals surface area (Å²) in [5.41, 5.74) is 5.41. The van der Waals surface area contributed by atoms with Crippen LogP contribution in [0.25, 0.3) is 0 Å². The van der Waals surface area contributed by atoms with Crippen molar-refractivity contribution in [2.75, 3.05) is 11.5 Å². The van der Waals surface area contributed by atoms with Gasteiger partial charge in [-0.15, -0.1) is 0 Å². The number of aromatic carboxylic acids is 1. The first kappa shape index (κ1) is 11.0. The Balaban J connectivity index is 3.02. The number of hydrogen-bond acceptors (Lipinski definition) is 5. The summed E-state index contributed by atoms with van der Waals surface area (Å²) in [6.07, 6.45) is 0. The SMILES string of the molecule is Cn1c(SC[C]=S)nc(C(=O)O)c1N. The van der Waals surface area contributed by atoms with E-state index in [0.717, 1.165) is 0 Å². The van der Waals surface area contributed by atoms with Crippen molar-refractivity contribution in [3.63, 3.8) is 0 Å². The molecule has 3 N–H and O–H groups in total. The zero-order chi connectivity index (χ0) is 10.7. The summed E-state index contributed by atoms with van der Waals surface area (Å²) in [7, 11) is 1.65. The van der Waals surface area contributed by atoms with E-state index in [0.29, 0.717) is 10.9 Å². The molecule has 5 nitrogen and oxygen atoms in total. The molecule has 75 valence electrons. The number of carboxylic acid groups (broad SMARTS) is 1. The van der Waals surface area contributed by atoms with Gasteiger partial charge in [0, 0.05) is 18.2 Å². The fourth-order valence-corrected chi connectivity index (χ4v) is 1.68. The van der Waals surface area contributed by atoms with Crippen LogP contribution in [0.4, 0.5) is 5.82 Å². The molecule has 0 aromatic carbocycles. The number of imidazole rings is 1. The second-order valence-electron chi connectivity index (χ2n) is 2.43.